The Labute approximate surface area is 156 Å². The number of anilines is 1. The Bertz CT molecular complexity index is 801. The highest BCUT2D eigenvalue weighted by atomic mass is 32.1. The third kappa shape index (κ3) is 2.05. The maximum atomic E-state index is 13.2. The van der Waals surface area contributed by atoms with Crippen molar-refractivity contribution >= 4 is 34.1 Å². The lowest BCUT2D eigenvalue weighted by Gasteiger charge is -2.20. The van der Waals surface area contributed by atoms with Gasteiger partial charge in [0.05, 0.1) is 17.4 Å². The fraction of sp³-hybridized carbons (Fsp3) is 0.650. The molecule has 1 aromatic heterocycles. The van der Waals surface area contributed by atoms with Gasteiger partial charge in [0.15, 0.2) is 0 Å². The van der Waals surface area contributed by atoms with Crippen molar-refractivity contribution in [3.63, 3.8) is 0 Å². The Morgan fingerprint density at radius 1 is 1.15 bits per heavy atom. The van der Waals surface area contributed by atoms with Gasteiger partial charge in [-0.3, -0.25) is 14.4 Å². The van der Waals surface area contributed by atoms with E-state index in [-0.39, 0.29) is 23.7 Å². The molecule has 2 N–H and O–H groups in total. The van der Waals surface area contributed by atoms with Crippen LogP contribution in [-0.2, 0) is 22.4 Å². The van der Waals surface area contributed by atoms with Crippen LogP contribution in [0.3, 0.4) is 0 Å². The van der Waals surface area contributed by atoms with E-state index < -0.39 is 5.91 Å². The van der Waals surface area contributed by atoms with Crippen molar-refractivity contribution < 1.29 is 14.4 Å². The normalized spacial score (nSPS) is 35.1. The highest BCUT2D eigenvalue weighted by molar-refractivity contribution is 7.17. The summed E-state index contributed by atoms with van der Waals surface area (Å²) < 4.78 is 0. The summed E-state index contributed by atoms with van der Waals surface area (Å²) in [5, 5.41) is 0.517. The minimum atomic E-state index is -0.506. The zero-order valence-corrected chi connectivity index (χ0v) is 15.8. The molecule has 3 amide bonds. The van der Waals surface area contributed by atoms with Gasteiger partial charge in [0, 0.05) is 4.88 Å². The molecule has 1 aromatic rings. The first-order valence-electron chi connectivity index (χ1n) is 9.83. The molecule has 5 atom stereocenters. The average molecular weight is 372 g/mol. The Hall–Kier alpha value is -1.69. The molecule has 4 aliphatic rings. The van der Waals surface area contributed by atoms with Crippen molar-refractivity contribution in [1.82, 2.24) is 0 Å². The van der Waals surface area contributed by atoms with Gasteiger partial charge >= 0.3 is 0 Å². The molecule has 5 nitrogen and oxygen atoms in total. The second kappa shape index (κ2) is 5.65. The fourth-order valence-corrected chi connectivity index (χ4v) is 7.49. The van der Waals surface area contributed by atoms with Crippen LogP contribution in [0.1, 0.15) is 59.8 Å². The van der Waals surface area contributed by atoms with Gasteiger partial charge in [0.1, 0.15) is 5.00 Å². The Morgan fingerprint density at radius 2 is 1.81 bits per heavy atom. The molecule has 0 aromatic carbocycles. The van der Waals surface area contributed by atoms with Crippen LogP contribution >= 0.6 is 11.3 Å². The number of nitrogens with two attached hydrogens (primary N) is 1. The van der Waals surface area contributed by atoms with Crippen LogP contribution in [0.5, 0.6) is 0 Å². The number of hydrogen-bond acceptors (Lipinski definition) is 4. The Kier molecular flexibility index (Phi) is 3.58. The lowest BCUT2D eigenvalue weighted by atomic mass is 9.81. The zero-order valence-electron chi connectivity index (χ0n) is 15.0. The van der Waals surface area contributed by atoms with Gasteiger partial charge in [0.25, 0.3) is 5.91 Å². The summed E-state index contributed by atoms with van der Waals surface area (Å²) >= 11 is 1.46. The minimum Gasteiger partial charge on any atom is -0.365 e. The zero-order chi connectivity index (χ0) is 18.2. The predicted octanol–water partition coefficient (Wildman–Crippen LogP) is 2.90. The minimum absolute atomic E-state index is 0.0830. The van der Waals surface area contributed by atoms with Gasteiger partial charge in [0.2, 0.25) is 11.8 Å². The van der Waals surface area contributed by atoms with E-state index in [9.17, 15) is 14.4 Å². The molecule has 1 saturated heterocycles. The van der Waals surface area contributed by atoms with Gasteiger partial charge in [-0.15, -0.1) is 11.3 Å². The Balaban J connectivity index is 1.58. The maximum Gasteiger partial charge on any atom is 0.252 e. The number of fused-ring (bicyclic) bond motifs is 6. The van der Waals surface area contributed by atoms with E-state index in [0.717, 1.165) is 55.4 Å². The summed E-state index contributed by atoms with van der Waals surface area (Å²) in [7, 11) is 0. The predicted molar refractivity (Wildman–Crippen MR) is 98.9 cm³/mol. The van der Waals surface area contributed by atoms with Crippen LogP contribution in [0.25, 0.3) is 0 Å². The number of thiophene rings is 1. The van der Waals surface area contributed by atoms with Crippen LogP contribution in [-0.4, -0.2) is 17.7 Å². The third-order valence-electron chi connectivity index (χ3n) is 7.30. The first-order chi connectivity index (χ1) is 12.5. The number of imide groups is 1. The number of primary amides is 1. The molecule has 5 rings (SSSR count). The molecule has 1 aliphatic heterocycles. The largest absolute Gasteiger partial charge is 0.365 e. The summed E-state index contributed by atoms with van der Waals surface area (Å²) in [6.45, 7) is 2.18. The molecule has 138 valence electrons. The summed E-state index contributed by atoms with van der Waals surface area (Å²) in [4.78, 5) is 41.1. The number of carbonyl (C=O) groups is 3. The standard InChI is InChI=1S/C20H24N2O3S/c1-2-9-3-6-12-13(7-9)26-20(16(12)17(21)23)22-18(24)14-10-4-5-11(8-10)15(14)19(22)25/h9-11,14-15H,2-8H2,1H3,(H2,21,23)/t9-,10-,11-,14-,15+/m1/s1. The van der Waals surface area contributed by atoms with E-state index in [1.165, 1.54) is 16.2 Å². The van der Waals surface area contributed by atoms with Crippen molar-refractivity contribution in [3.05, 3.63) is 16.0 Å². The number of carbonyl (C=O) groups excluding carboxylic acids is 3. The van der Waals surface area contributed by atoms with Gasteiger partial charge in [-0.05, 0) is 61.8 Å². The van der Waals surface area contributed by atoms with E-state index in [1.54, 1.807) is 0 Å². The summed E-state index contributed by atoms with van der Waals surface area (Å²) in [5.74, 6) is 0.308. The quantitative estimate of drug-likeness (QED) is 0.829. The molecule has 26 heavy (non-hydrogen) atoms. The van der Waals surface area contributed by atoms with Gasteiger partial charge < -0.3 is 5.73 Å². The Morgan fingerprint density at radius 3 is 2.38 bits per heavy atom. The molecule has 2 heterocycles. The lowest BCUT2D eigenvalue weighted by molar-refractivity contribution is -0.123. The molecule has 0 radical (unpaired) electrons. The van der Waals surface area contributed by atoms with Crippen LogP contribution in [0, 0.1) is 29.6 Å². The van der Waals surface area contributed by atoms with Crippen LogP contribution < -0.4 is 10.6 Å². The molecule has 3 aliphatic carbocycles. The second-order valence-electron chi connectivity index (χ2n) is 8.46. The SMILES string of the molecule is CC[C@@H]1CCc2c(sc(N3C(=O)[C@@H]4[C@@H]5CC[C@H](C5)[C@@H]4C3=O)c2C(N)=O)C1. The smallest absolute Gasteiger partial charge is 0.252 e. The van der Waals surface area contributed by atoms with Crippen LogP contribution in [0.15, 0.2) is 0 Å². The summed E-state index contributed by atoms with van der Waals surface area (Å²) in [6, 6.07) is 0. The van der Waals surface area contributed by atoms with E-state index in [4.69, 9.17) is 5.73 Å². The van der Waals surface area contributed by atoms with E-state index in [2.05, 4.69) is 6.92 Å². The molecule has 6 heteroatoms. The molecule has 2 saturated carbocycles. The van der Waals surface area contributed by atoms with E-state index in [1.807, 2.05) is 0 Å². The van der Waals surface area contributed by atoms with Gasteiger partial charge in [-0.1, -0.05) is 13.3 Å². The van der Waals surface area contributed by atoms with Gasteiger partial charge in [-0.25, -0.2) is 4.90 Å². The molecule has 0 unspecified atom stereocenters. The van der Waals surface area contributed by atoms with Crippen molar-refractivity contribution in [3.8, 4) is 0 Å². The van der Waals surface area contributed by atoms with Crippen molar-refractivity contribution in [2.45, 2.75) is 51.9 Å². The molecule has 3 fully saturated rings. The second-order valence-corrected chi connectivity index (χ2v) is 9.55. The molecule has 0 spiro atoms. The molecular weight excluding hydrogens is 348 g/mol. The topological polar surface area (TPSA) is 80.5 Å². The first kappa shape index (κ1) is 16.5. The van der Waals surface area contributed by atoms with Crippen LogP contribution in [0.4, 0.5) is 5.00 Å². The van der Waals surface area contributed by atoms with E-state index in [0.29, 0.717) is 28.3 Å². The maximum absolute atomic E-state index is 13.2. The molecule has 2 bridgehead atoms. The van der Waals surface area contributed by atoms with Crippen LogP contribution in [0.2, 0.25) is 0 Å². The summed E-state index contributed by atoms with van der Waals surface area (Å²) in [6.07, 6.45) is 7.01. The lowest BCUT2D eigenvalue weighted by Crippen LogP contribution is -2.33. The fourth-order valence-electron chi connectivity index (χ4n) is 6.01. The molecular formula is C20H24N2O3S. The third-order valence-corrected chi connectivity index (χ3v) is 8.54. The van der Waals surface area contributed by atoms with Crippen molar-refractivity contribution in [1.29, 1.82) is 0 Å². The van der Waals surface area contributed by atoms with E-state index >= 15 is 0 Å². The average Bonchev–Trinajstić information content (AvgIpc) is 3.35. The highest BCUT2D eigenvalue weighted by Gasteiger charge is 2.61. The number of amides is 3. The number of hydrogen-bond donors (Lipinski definition) is 1. The van der Waals surface area contributed by atoms with Crippen molar-refractivity contribution in [2.24, 2.45) is 35.3 Å². The summed E-state index contributed by atoms with van der Waals surface area (Å²) in [5.41, 5.74) is 7.14. The highest BCUT2D eigenvalue weighted by Crippen LogP contribution is 2.57. The number of rotatable bonds is 3. The number of nitrogens with zero attached hydrogens (tertiary/aromatic N) is 1. The van der Waals surface area contributed by atoms with Gasteiger partial charge in [-0.2, -0.15) is 0 Å². The monoisotopic (exact) mass is 372 g/mol. The first-order valence-corrected chi connectivity index (χ1v) is 10.6. The van der Waals surface area contributed by atoms with Crippen molar-refractivity contribution in [2.75, 3.05) is 4.90 Å².